The number of thioether (sulfide) groups is 1. The van der Waals surface area contributed by atoms with Gasteiger partial charge in [0.05, 0.1) is 50.0 Å². The molecule has 7 heteroatoms. The molecule has 4 heterocycles. The molecule has 0 bridgehead atoms. The average Bonchev–Trinajstić information content (AvgIpc) is 4.32. The van der Waals surface area contributed by atoms with E-state index in [4.69, 9.17) is 0 Å². The number of rotatable bonds is 9. The van der Waals surface area contributed by atoms with E-state index in [1.165, 1.54) is 39.2 Å². The zero-order valence-electron chi connectivity index (χ0n) is 43.3. The third-order valence-corrected chi connectivity index (χ3v) is 18.0. The maximum Gasteiger partial charge on any atom is 0.101 e. The fourth-order valence-corrected chi connectivity index (χ4v) is 14.7. The van der Waals surface area contributed by atoms with E-state index in [1.54, 1.807) is 0 Å². The van der Waals surface area contributed by atoms with E-state index in [-0.39, 0.29) is 10.7 Å². The Morgan fingerprint density at radius 2 is 1.43 bits per heavy atom. The summed E-state index contributed by atoms with van der Waals surface area (Å²) in [5, 5.41) is 28.8. The van der Waals surface area contributed by atoms with Gasteiger partial charge in [-0.2, -0.15) is 10.5 Å². The lowest BCUT2D eigenvalue weighted by atomic mass is 9.82. The second-order valence-corrected chi connectivity index (χ2v) is 22.4. The number of aromatic nitrogens is 2. The van der Waals surface area contributed by atoms with Crippen LogP contribution >= 0.6 is 11.8 Å². The smallest absolute Gasteiger partial charge is 0.101 e. The van der Waals surface area contributed by atoms with Crippen molar-refractivity contribution in [1.29, 1.82) is 10.5 Å². The van der Waals surface area contributed by atoms with Crippen LogP contribution in [0.15, 0.2) is 218 Å². The summed E-state index contributed by atoms with van der Waals surface area (Å²) >= 11 is 1.97. The molecular weight excluding hydrogens is 957 g/mol. The summed E-state index contributed by atoms with van der Waals surface area (Å²) < 4.78 is 4.49. The van der Waals surface area contributed by atoms with Crippen LogP contribution in [0, 0.1) is 22.7 Å². The average molecular weight is 1010 g/mol. The molecule has 2 atom stereocenters. The van der Waals surface area contributed by atoms with Crippen LogP contribution in [0.25, 0.3) is 60.9 Å². The van der Waals surface area contributed by atoms with Crippen molar-refractivity contribution in [3.8, 4) is 23.5 Å². The monoisotopic (exact) mass is 1010 g/mol. The van der Waals surface area contributed by atoms with E-state index in [2.05, 4.69) is 240 Å². The fraction of sp³-hybridized carbons (Fsp3) is 0.143. The predicted octanol–water partition coefficient (Wildman–Crippen LogP) is 18.4. The van der Waals surface area contributed by atoms with E-state index in [0.717, 1.165) is 96.9 Å². The largest absolute Gasteiger partial charge is 0.313 e. The van der Waals surface area contributed by atoms with Gasteiger partial charge in [-0.1, -0.05) is 143 Å². The quantitative estimate of drug-likeness (QED) is 0.135. The van der Waals surface area contributed by atoms with Crippen molar-refractivity contribution in [3.63, 3.8) is 0 Å². The number of allylic oxidation sites excluding steroid dienone is 6. The highest BCUT2D eigenvalue weighted by molar-refractivity contribution is 7.99. The third kappa shape index (κ3) is 7.07. The van der Waals surface area contributed by atoms with Gasteiger partial charge in [0.1, 0.15) is 12.1 Å². The summed E-state index contributed by atoms with van der Waals surface area (Å²) in [6.45, 7) is 11.5. The van der Waals surface area contributed by atoms with Crippen molar-refractivity contribution in [2.75, 3.05) is 9.80 Å². The van der Waals surface area contributed by atoms with Gasteiger partial charge >= 0.3 is 0 Å². The Morgan fingerprint density at radius 1 is 0.714 bits per heavy atom. The Bertz CT molecular complexity index is 4370. The van der Waals surface area contributed by atoms with E-state index in [0.29, 0.717) is 28.4 Å². The molecule has 6 nitrogen and oxygen atoms in total. The standard InChI is InChI=1S/C70H54N6S/c1-5-6-8-19-44(2)73(48-21-9-7-10-22-48)49-31-34-62-55(38-49)57-43-77-69-54-26-13-16-27-58(54)70(3,4)59(69)40-67(57)76(62)66-37-46(41-71)65(36-47(66)42-72)75-63-35-32-50(39-56(63)68-51-23-12-11-20-45(51)30-33-64(68)75)74-60-28-17-14-24-52(60)53-25-15-18-29-61(53)74/h7-24,26-40,53,69H,2,5-6,25,43H2,1,3-4H3/b19-8-. The van der Waals surface area contributed by atoms with Crippen molar-refractivity contribution in [2.45, 2.75) is 62.4 Å². The first-order valence-electron chi connectivity index (χ1n) is 26.8. The first-order valence-corrected chi connectivity index (χ1v) is 27.8. The molecule has 8 aromatic carbocycles. The maximum atomic E-state index is 11.6. The molecule has 0 spiro atoms. The lowest BCUT2D eigenvalue weighted by molar-refractivity contribution is 0.647. The zero-order valence-corrected chi connectivity index (χ0v) is 44.2. The molecule has 2 aliphatic carbocycles. The van der Waals surface area contributed by atoms with Gasteiger partial charge in [-0.25, -0.2) is 0 Å². The molecule has 0 saturated heterocycles. The SMILES string of the molecule is C=C(/C=C\CCC)N(c1ccccc1)c1ccc2c(c1)c1c(n2-c2cc(C#N)c(-n3c4ccc(N5C6=CC=CCC6c6ccccc65)cc4c4c5ccccc5ccc43)cc2C#N)C=C2C(SC1)c1ccccc1C2(C)C. The number of benzene rings is 8. The van der Waals surface area contributed by atoms with Crippen molar-refractivity contribution < 1.29 is 0 Å². The van der Waals surface area contributed by atoms with Crippen LogP contribution < -0.4 is 9.80 Å². The van der Waals surface area contributed by atoms with E-state index < -0.39 is 0 Å². The minimum atomic E-state index is -0.237. The van der Waals surface area contributed by atoms with E-state index in [9.17, 15) is 10.5 Å². The first kappa shape index (κ1) is 46.5. The van der Waals surface area contributed by atoms with Crippen LogP contribution in [-0.2, 0) is 11.2 Å². The minimum absolute atomic E-state index is 0.168. The molecule has 10 aromatic rings. The third-order valence-electron chi connectivity index (χ3n) is 16.7. The van der Waals surface area contributed by atoms with Crippen molar-refractivity contribution in [2.24, 2.45) is 0 Å². The lowest BCUT2D eigenvalue weighted by Crippen LogP contribution is -2.16. The van der Waals surface area contributed by atoms with Gasteiger partial charge in [-0.15, -0.1) is 11.8 Å². The number of hydrogen-bond donors (Lipinski definition) is 0. The number of para-hydroxylation sites is 2. The number of nitrogens with zero attached hydrogens (tertiary/aromatic N) is 6. The summed E-state index contributed by atoms with van der Waals surface area (Å²) in [7, 11) is 0. The normalized spacial score (nSPS) is 16.9. The summed E-state index contributed by atoms with van der Waals surface area (Å²) in [4.78, 5) is 4.66. The van der Waals surface area contributed by atoms with Crippen LogP contribution in [0.1, 0.15) is 90.3 Å². The molecule has 0 N–H and O–H groups in total. The number of hydrogen-bond acceptors (Lipinski definition) is 5. The molecule has 2 unspecified atom stereocenters. The lowest BCUT2D eigenvalue weighted by Gasteiger charge is -2.26. The Balaban J connectivity index is 0.997. The highest BCUT2D eigenvalue weighted by Gasteiger charge is 2.43. The van der Waals surface area contributed by atoms with Crippen molar-refractivity contribution in [3.05, 3.63) is 257 Å². The minimum Gasteiger partial charge on any atom is -0.313 e. The summed E-state index contributed by atoms with van der Waals surface area (Å²) in [5.41, 5.74) is 19.1. The Hall–Kier alpha value is -9.01. The van der Waals surface area contributed by atoms with Gasteiger partial charge in [-0.3, -0.25) is 0 Å². The molecule has 4 aliphatic rings. The number of anilines is 4. The fourth-order valence-electron chi connectivity index (χ4n) is 13.1. The van der Waals surface area contributed by atoms with Crippen molar-refractivity contribution in [1.82, 2.24) is 9.13 Å². The summed E-state index contributed by atoms with van der Waals surface area (Å²) in [6, 6.07) is 63.8. The second kappa shape index (κ2) is 18.1. The molecule has 0 saturated carbocycles. The molecule has 370 valence electrons. The second-order valence-electron chi connectivity index (χ2n) is 21.3. The summed E-state index contributed by atoms with van der Waals surface area (Å²) in [6.07, 6.45) is 16.4. The molecule has 14 rings (SSSR count). The molecular formula is C70H54N6S. The van der Waals surface area contributed by atoms with Gasteiger partial charge in [0.15, 0.2) is 0 Å². The molecule has 77 heavy (non-hydrogen) atoms. The Labute approximate surface area is 453 Å². The molecule has 0 fully saturated rings. The topological polar surface area (TPSA) is 63.9 Å². The van der Waals surface area contributed by atoms with Gasteiger partial charge in [0.25, 0.3) is 0 Å². The molecule has 0 amide bonds. The van der Waals surface area contributed by atoms with Crippen molar-refractivity contribution >= 4 is 84.1 Å². The van der Waals surface area contributed by atoms with Gasteiger partial charge < -0.3 is 18.9 Å². The highest BCUT2D eigenvalue weighted by atomic mass is 32.2. The maximum absolute atomic E-state index is 11.6. The van der Waals surface area contributed by atoms with Crippen LogP contribution in [0.5, 0.6) is 0 Å². The number of nitriles is 2. The highest BCUT2D eigenvalue weighted by Crippen LogP contribution is 2.59. The Kier molecular flexibility index (Phi) is 10.9. The summed E-state index contributed by atoms with van der Waals surface area (Å²) in [5.74, 6) is 1.05. The van der Waals surface area contributed by atoms with E-state index in [1.807, 2.05) is 30.0 Å². The molecule has 2 aliphatic heterocycles. The van der Waals surface area contributed by atoms with Crippen LogP contribution in [0.4, 0.5) is 22.7 Å². The van der Waals surface area contributed by atoms with Crippen LogP contribution in [0.2, 0.25) is 0 Å². The van der Waals surface area contributed by atoms with Gasteiger partial charge in [0, 0.05) is 67.4 Å². The van der Waals surface area contributed by atoms with Gasteiger partial charge in [-0.05, 0) is 142 Å². The Morgan fingerprint density at radius 3 is 2.25 bits per heavy atom. The van der Waals surface area contributed by atoms with E-state index >= 15 is 0 Å². The zero-order chi connectivity index (χ0) is 52.1. The number of fused-ring (bicyclic) bond motifs is 14. The molecule has 2 aromatic heterocycles. The van der Waals surface area contributed by atoms with Gasteiger partial charge in [0.2, 0.25) is 0 Å². The van der Waals surface area contributed by atoms with Crippen LogP contribution in [-0.4, -0.2) is 9.13 Å². The predicted molar refractivity (Wildman–Crippen MR) is 321 cm³/mol. The first-order chi connectivity index (χ1) is 37.8. The van der Waals surface area contributed by atoms with Crippen LogP contribution in [0.3, 0.4) is 0 Å². The molecule has 0 radical (unpaired) electrons. The number of unbranched alkanes of at least 4 members (excludes halogenated alkanes) is 1.